The molecule has 1 aromatic rings. The molecule has 2 atom stereocenters. The van der Waals surface area contributed by atoms with Crippen LogP contribution in [-0.2, 0) is 6.54 Å². The maximum atomic E-state index is 9.14. The van der Waals surface area contributed by atoms with Crippen LogP contribution in [0.2, 0.25) is 0 Å². The smallest absolute Gasteiger partial charge is 0.0472 e. The highest BCUT2D eigenvalue weighted by Gasteiger charge is 2.27. The SMILES string of the molecule is C[C@H]1C[C@@H](CO)CN1Cc1ccccc1. The van der Waals surface area contributed by atoms with Crippen LogP contribution in [0.1, 0.15) is 18.9 Å². The standard InChI is InChI=1S/C13H19NO/c1-11-7-13(10-15)9-14(11)8-12-5-3-2-4-6-12/h2-6,11,13,15H,7-10H2,1H3/t11-,13+/m0/s1. The van der Waals surface area contributed by atoms with E-state index >= 15 is 0 Å². The second kappa shape index (κ2) is 4.77. The summed E-state index contributed by atoms with van der Waals surface area (Å²) >= 11 is 0. The van der Waals surface area contributed by atoms with E-state index in [1.54, 1.807) is 0 Å². The molecule has 1 N–H and O–H groups in total. The van der Waals surface area contributed by atoms with Crippen molar-refractivity contribution in [2.45, 2.75) is 25.9 Å². The van der Waals surface area contributed by atoms with E-state index in [-0.39, 0.29) is 0 Å². The van der Waals surface area contributed by atoms with Gasteiger partial charge in [-0.2, -0.15) is 0 Å². The first kappa shape index (κ1) is 10.7. The molecule has 1 saturated heterocycles. The van der Waals surface area contributed by atoms with Crippen molar-refractivity contribution in [3.8, 4) is 0 Å². The summed E-state index contributed by atoms with van der Waals surface area (Å²) in [5, 5.41) is 9.14. The summed E-state index contributed by atoms with van der Waals surface area (Å²) in [7, 11) is 0. The van der Waals surface area contributed by atoms with Crippen LogP contribution in [0.25, 0.3) is 0 Å². The molecule has 0 unspecified atom stereocenters. The minimum absolute atomic E-state index is 0.329. The van der Waals surface area contributed by atoms with Crippen LogP contribution < -0.4 is 0 Å². The molecule has 2 rings (SSSR count). The fourth-order valence-electron chi connectivity index (χ4n) is 2.39. The fraction of sp³-hybridized carbons (Fsp3) is 0.538. The molecule has 0 amide bonds. The molecule has 1 heterocycles. The van der Waals surface area contributed by atoms with Gasteiger partial charge in [-0.15, -0.1) is 0 Å². The monoisotopic (exact) mass is 205 g/mol. The van der Waals surface area contributed by atoms with Gasteiger partial charge >= 0.3 is 0 Å². The number of hydrogen-bond donors (Lipinski definition) is 1. The van der Waals surface area contributed by atoms with Gasteiger partial charge in [0.05, 0.1) is 0 Å². The van der Waals surface area contributed by atoms with E-state index in [0.29, 0.717) is 18.6 Å². The molecule has 1 aliphatic rings. The van der Waals surface area contributed by atoms with E-state index in [0.717, 1.165) is 19.5 Å². The van der Waals surface area contributed by atoms with Crippen molar-refractivity contribution in [2.75, 3.05) is 13.2 Å². The number of nitrogens with zero attached hydrogens (tertiary/aromatic N) is 1. The topological polar surface area (TPSA) is 23.5 Å². The highest BCUT2D eigenvalue weighted by atomic mass is 16.3. The van der Waals surface area contributed by atoms with Gasteiger partial charge < -0.3 is 5.11 Å². The Morgan fingerprint density at radius 1 is 1.33 bits per heavy atom. The number of likely N-dealkylation sites (tertiary alicyclic amines) is 1. The minimum atomic E-state index is 0.329. The molecule has 0 aliphatic carbocycles. The summed E-state index contributed by atoms with van der Waals surface area (Å²) in [6.45, 7) is 4.62. The van der Waals surface area contributed by atoms with E-state index < -0.39 is 0 Å². The van der Waals surface area contributed by atoms with E-state index in [4.69, 9.17) is 5.11 Å². The van der Waals surface area contributed by atoms with Crippen molar-refractivity contribution in [1.29, 1.82) is 0 Å². The first-order chi connectivity index (χ1) is 7.29. The van der Waals surface area contributed by atoms with Gasteiger partial charge in [-0.05, 0) is 24.8 Å². The molecule has 0 bridgehead atoms. The maximum absolute atomic E-state index is 9.14. The van der Waals surface area contributed by atoms with Gasteiger partial charge in [-0.25, -0.2) is 0 Å². The Labute approximate surface area is 91.5 Å². The highest BCUT2D eigenvalue weighted by Crippen LogP contribution is 2.24. The van der Waals surface area contributed by atoms with Crippen LogP contribution >= 0.6 is 0 Å². The Morgan fingerprint density at radius 3 is 2.67 bits per heavy atom. The molecule has 0 saturated carbocycles. The van der Waals surface area contributed by atoms with E-state index in [1.165, 1.54) is 5.56 Å². The lowest BCUT2D eigenvalue weighted by Gasteiger charge is -2.20. The van der Waals surface area contributed by atoms with Crippen molar-refractivity contribution >= 4 is 0 Å². The summed E-state index contributed by atoms with van der Waals surface area (Å²) < 4.78 is 0. The zero-order valence-corrected chi connectivity index (χ0v) is 9.26. The Kier molecular flexibility index (Phi) is 3.39. The molecule has 2 heteroatoms. The van der Waals surface area contributed by atoms with E-state index in [9.17, 15) is 0 Å². The predicted octanol–water partition coefficient (Wildman–Crippen LogP) is 1.89. The van der Waals surface area contributed by atoms with Crippen LogP contribution in [0.5, 0.6) is 0 Å². The average Bonchev–Trinajstić information content (AvgIpc) is 2.61. The second-order valence-corrected chi connectivity index (χ2v) is 4.55. The highest BCUT2D eigenvalue weighted by molar-refractivity contribution is 5.14. The minimum Gasteiger partial charge on any atom is -0.396 e. The predicted molar refractivity (Wildman–Crippen MR) is 61.5 cm³/mol. The van der Waals surface area contributed by atoms with Gasteiger partial charge in [0.1, 0.15) is 0 Å². The van der Waals surface area contributed by atoms with Crippen LogP contribution in [0.3, 0.4) is 0 Å². The molecule has 82 valence electrons. The Bertz CT molecular complexity index is 299. The normalized spacial score (nSPS) is 27.1. The molecule has 0 radical (unpaired) electrons. The Morgan fingerprint density at radius 2 is 2.07 bits per heavy atom. The van der Waals surface area contributed by atoms with Gasteiger partial charge in [0.15, 0.2) is 0 Å². The van der Waals surface area contributed by atoms with Gasteiger partial charge in [-0.1, -0.05) is 30.3 Å². The Balaban J connectivity index is 1.96. The van der Waals surface area contributed by atoms with Gasteiger partial charge in [0.25, 0.3) is 0 Å². The number of rotatable bonds is 3. The second-order valence-electron chi connectivity index (χ2n) is 4.55. The van der Waals surface area contributed by atoms with Crippen LogP contribution in [0.4, 0.5) is 0 Å². The van der Waals surface area contributed by atoms with Gasteiger partial charge in [-0.3, -0.25) is 4.90 Å². The quantitative estimate of drug-likeness (QED) is 0.814. The first-order valence-corrected chi connectivity index (χ1v) is 5.68. The van der Waals surface area contributed by atoms with Crippen molar-refractivity contribution in [3.05, 3.63) is 35.9 Å². The summed E-state index contributed by atoms with van der Waals surface area (Å²) in [5.41, 5.74) is 1.36. The van der Waals surface area contributed by atoms with Crippen molar-refractivity contribution < 1.29 is 5.11 Å². The number of hydrogen-bond acceptors (Lipinski definition) is 2. The molecule has 0 spiro atoms. The van der Waals surface area contributed by atoms with Crippen molar-refractivity contribution in [2.24, 2.45) is 5.92 Å². The van der Waals surface area contributed by atoms with Crippen molar-refractivity contribution in [1.82, 2.24) is 4.90 Å². The molecule has 1 aliphatic heterocycles. The molecule has 0 aromatic heterocycles. The van der Waals surface area contributed by atoms with Crippen molar-refractivity contribution in [3.63, 3.8) is 0 Å². The molecular weight excluding hydrogens is 186 g/mol. The van der Waals surface area contributed by atoms with Crippen LogP contribution in [0.15, 0.2) is 30.3 Å². The third-order valence-electron chi connectivity index (χ3n) is 3.28. The number of aliphatic hydroxyl groups excluding tert-OH is 1. The molecule has 1 fully saturated rings. The summed E-state index contributed by atoms with van der Waals surface area (Å²) in [6, 6.07) is 11.1. The van der Waals surface area contributed by atoms with Gasteiger partial charge in [0, 0.05) is 25.7 Å². The third kappa shape index (κ3) is 2.58. The summed E-state index contributed by atoms with van der Waals surface area (Å²) in [5.74, 6) is 0.476. The zero-order valence-electron chi connectivity index (χ0n) is 9.26. The number of aliphatic hydroxyl groups is 1. The molecular formula is C13H19NO. The third-order valence-corrected chi connectivity index (χ3v) is 3.28. The lowest BCUT2D eigenvalue weighted by molar-refractivity contribution is 0.215. The van der Waals surface area contributed by atoms with Gasteiger partial charge in [0.2, 0.25) is 0 Å². The van der Waals surface area contributed by atoms with E-state index in [2.05, 4.69) is 36.1 Å². The largest absolute Gasteiger partial charge is 0.396 e. The zero-order chi connectivity index (χ0) is 10.7. The molecule has 2 nitrogen and oxygen atoms in total. The van der Waals surface area contributed by atoms with Crippen LogP contribution in [-0.4, -0.2) is 29.2 Å². The van der Waals surface area contributed by atoms with Crippen LogP contribution in [0, 0.1) is 5.92 Å². The Hall–Kier alpha value is -0.860. The molecule has 1 aromatic carbocycles. The first-order valence-electron chi connectivity index (χ1n) is 5.68. The lowest BCUT2D eigenvalue weighted by atomic mass is 10.1. The lowest BCUT2D eigenvalue weighted by Crippen LogP contribution is -2.26. The fourth-order valence-corrected chi connectivity index (χ4v) is 2.39. The summed E-state index contributed by atoms with van der Waals surface area (Å²) in [4.78, 5) is 2.45. The van der Waals surface area contributed by atoms with E-state index in [1.807, 2.05) is 6.07 Å². The maximum Gasteiger partial charge on any atom is 0.0472 e. The average molecular weight is 205 g/mol. The summed E-state index contributed by atoms with van der Waals surface area (Å²) in [6.07, 6.45) is 1.13. The number of benzene rings is 1. The molecule has 15 heavy (non-hydrogen) atoms.